The van der Waals surface area contributed by atoms with Gasteiger partial charge in [-0.3, -0.25) is 13.9 Å². The molecule has 1 aromatic carbocycles. The fourth-order valence-corrected chi connectivity index (χ4v) is 8.64. The van der Waals surface area contributed by atoms with Crippen LogP contribution in [-0.4, -0.2) is 80.4 Å². The van der Waals surface area contributed by atoms with Crippen LogP contribution in [0.4, 0.5) is 5.69 Å². The minimum absolute atomic E-state index is 0.136. The lowest BCUT2D eigenvalue weighted by Gasteiger charge is -2.28. The Morgan fingerprint density at radius 3 is 2.07 bits per heavy atom. The van der Waals surface area contributed by atoms with Gasteiger partial charge in [-0.05, 0) is 35.7 Å². The molecule has 2 aliphatic heterocycles. The van der Waals surface area contributed by atoms with Gasteiger partial charge in [0.2, 0.25) is 5.60 Å². The van der Waals surface area contributed by atoms with Crippen molar-refractivity contribution >= 4 is 19.0 Å². The van der Waals surface area contributed by atoms with Gasteiger partial charge in [0.25, 0.3) is 0 Å². The number of nitrogen functional groups attached to an aromatic ring is 1. The second-order valence-electron chi connectivity index (χ2n) is 15.5. The van der Waals surface area contributed by atoms with Crippen molar-refractivity contribution in [3.63, 3.8) is 0 Å². The van der Waals surface area contributed by atoms with Crippen LogP contribution in [0.1, 0.15) is 126 Å². The SMILES string of the molecule is CCCCCCCCCCCCCCCCCCOC[C@H](COP(=O)(O)OC[C@H]1O[C@@](C#N)(c2ccc3c(N)ccnn23)[C@H](O)[C@@H]1O)N1Cc2ccccc2C1. The van der Waals surface area contributed by atoms with E-state index in [-0.39, 0.29) is 18.3 Å². The molecule has 2 aromatic heterocycles. The van der Waals surface area contributed by atoms with Crippen LogP contribution in [0.5, 0.6) is 0 Å². The Kier molecular flexibility index (Phi) is 17.6. The average molecular weight is 798 g/mol. The maximum absolute atomic E-state index is 13.2. The topological polar surface area (TPSA) is 185 Å². The smallest absolute Gasteiger partial charge is 0.397 e. The summed E-state index contributed by atoms with van der Waals surface area (Å²) in [6.07, 6.45) is 17.7. The van der Waals surface area contributed by atoms with Crippen molar-refractivity contribution in [2.24, 2.45) is 0 Å². The molecule has 1 fully saturated rings. The largest absolute Gasteiger partial charge is 0.472 e. The number of nitrogens with zero attached hydrogens (tertiary/aromatic N) is 4. The summed E-state index contributed by atoms with van der Waals surface area (Å²) in [5.74, 6) is 0. The molecule has 5 rings (SSSR count). The van der Waals surface area contributed by atoms with E-state index in [4.69, 9.17) is 24.3 Å². The van der Waals surface area contributed by atoms with Crippen molar-refractivity contribution in [3.05, 3.63) is 65.5 Å². The number of nitrogens with two attached hydrogens (primary N) is 1. The van der Waals surface area contributed by atoms with Crippen LogP contribution in [0.25, 0.3) is 5.52 Å². The van der Waals surface area contributed by atoms with Crippen LogP contribution in [0, 0.1) is 11.3 Å². The fourth-order valence-electron chi connectivity index (χ4n) is 7.87. The van der Waals surface area contributed by atoms with Gasteiger partial charge in [0.15, 0.2) is 0 Å². The van der Waals surface area contributed by atoms with Crippen molar-refractivity contribution in [2.75, 3.05) is 32.2 Å². The molecule has 13 nitrogen and oxygen atoms in total. The molecule has 310 valence electrons. The summed E-state index contributed by atoms with van der Waals surface area (Å²) in [7, 11) is -4.67. The average Bonchev–Trinajstić information content (AvgIpc) is 3.90. The van der Waals surface area contributed by atoms with E-state index in [1.165, 1.54) is 118 Å². The summed E-state index contributed by atoms with van der Waals surface area (Å²) in [5, 5.41) is 36.3. The Hall–Kier alpha value is -2.89. The summed E-state index contributed by atoms with van der Waals surface area (Å²) < 4.78 is 37.3. The van der Waals surface area contributed by atoms with Gasteiger partial charge in [0, 0.05) is 25.9 Å². The maximum Gasteiger partial charge on any atom is 0.472 e. The molecule has 0 spiro atoms. The third-order valence-corrected chi connectivity index (χ3v) is 12.2. The number of aromatic nitrogens is 2. The molecule has 0 radical (unpaired) electrons. The molecule has 56 heavy (non-hydrogen) atoms. The number of aliphatic hydroxyl groups is 2. The van der Waals surface area contributed by atoms with E-state index in [1.807, 2.05) is 18.2 Å². The van der Waals surface area contributed by atoms with Crippen LogP contribution in [0.15, 0.2) is 48.7 Å². The van der Waals surface area contributed by atoms with E-state index >= 15 is 0 Å². The number of benzene rings is 1. The van der Waals surface area contributed by atoms with Crippen LogP contribution in [-0.2, 0) is 41.8 Å². The van der Waals surface area contributed by atoms with Crippen LogP contribution >= 0.6 is 7.82 Å². The highest BCUT2D eigenvalue weighted by Crippen LogP contribution is 2.46. The minimum atomic E-state index is -4.67. The Labute approximate surface area is 332 Å². The molecule has 0 bridgehead atoms. The number of unbranched alkanes of at least 4 members (excludes halogenated alkanes) is 15. The van der Waals surface area contributed by atoms with Gasteiger partial charge in [-0.1, -0.05) is 128 Å². The molecule has 3 aromatic rings. The van der Waals surface area contributed by atoms with E-state index in [1.54, 1.807) is 12.1 Å². The summed E-state index contributed by atoms with van der Waals surface area (Å²) in [6, 6.07) is 14.5. The number of anilines is 1. The first-order valence-corrected chi connectivity index (χ1v) is 22.4. The van der Waals surface area contributed by atoms with Crippen molar-refractivity contribution in [1.29, 1.82) is 5.26 Å². The van der Waals surface area contributed by atoms with E-state index < -0.39 is 38.3 Å². The van der Waals surface area contributed by atoms with Gasteiger partial charge >= 0.3 is 7.82 Å². The Bertz CT molecular complexity index is 1690. The minimum Gasteiger partial charge on any atom is -0.397 e. The van der Waals surface area contributed by atoms with Gasteiger partial charge in [-0.25, -0.2) is 9.08 Å². The molecule has 5 N–H and O–H groups in total. The lowest BCUT2D eigenvalue weighted by molar-refractivity contribution is -0.0649. The molecular weight excluding hydrogens is 733 g/mol. The predicted molar refractivity (Wildman–Crippen MR) is 215 cm³/mol. The zero-order valence-electron chi connectivity index (χ0n) is 33.2. The lowest BCUT2D eigenvalue weighted by atomic mass is 9.92. The number of hydrogen-bond donors (Lipinski definition) is 4. The first-order valence-electron chi connectivity index (χ1n) is 20.9. The molecule has 0 saturated carbocycles. The second kappa shape index (κ2) is 22.3. The normalized spacial score (nSPS) is 22.7. The third kappa shape index (κ3) is 12.1. The summed E-state index contributed by atoms with van der Waals surface area (Å²) in [6.45, 7) is 3.75. The van der Waals surface area contributed by atoms with E-state index in [0.29, 0.717) is 37.5 Å². The number of nitriles is 1. The molecule has 1 saturated heterocycles. The molecule has 4 heterocycles. The van der Waals surface area contributed by atoms with Gasteiger partial charge in [-0.15, -0.1) is 0 Å². The monoisotopic (exact) mass is 797 g/mol. The fraction of sp³-hybridized carbons (Fsp3) is 0.667. The highest BCUT2D eigenvalue weighted by Gasteiger charge is 2.58. The number of phosphoric acid groups is 1. The number of hydrogen-bond acceptors (Lipinski definition) is 11. The van der Waals surface area contributed by atoms with Crippen molar-refractivity contribution in [1.82, 2.24) is 14.5 Å². The van der Waals surface area contributed by atoms with E-state index in [9.17, 15) is 24.9 Å². The maximum atomic E-state index is 13.2. The number of ether oxygens (including phenoxy) is 2. The van der Waals surface area contributed by atoms with Gasteiger partial charge < -0.3 is 30.3 Å². The molecule has 0 amide bonds. The highest BCUT2D eigenvalue weighted by atomic mass is 31.2. The summed E-state index contributed by atoms with van der Waals surface area (Å²) in [4.78, 5) is 12.9. The van der Waals surface area contributed by atoms with Gasteiger partial charge in [0.1, 0.15) is 24.4 Å². The Morgan fingerprint density at radius 1 is 0.893 bits per heavy atom. The van der Waals surface area contributed by atoms with Crippen molar-refractivity contribution in [3.8, 4) is 6.07 Å². The molecule has 6 atom stereocenters. The second-order valence-corrected chi connectivity index (χ2v) is 17.0. The molecule has 1 unspecified atom stereocenters. The molecule has 0 aliphatic carbocycles. The van der Waals surface area contributed by atoms with Crippen LogP contribution < -0.4 is 5.73 Å². The number of aliphatic hydroxyl groups excluding tert-OH is 2. The quantitative estimate of drug-likeness (QED) is 0.0439. The van der Waals surface area contributed by atoms with Crippen LogP contribution in [0.2, 0.25) is 0 Å². The zero-order valence-corrected chi connectivity index (χ0v) is 34.1. The van der Waals surface area contributed by atoms with Crippen molar-refractivity contribution < 1.29 is 38.2 Å². The van der Waals surface area contributed by atoms with E-state index in [0.717, 1.165) is 12.8 Å². The third-order valence-electron chi connectivity index (χ3n) is 11.3. The van der Waals surface area contributed by atoms with Crippen LogP contribution in [0.3, 0.4) is 0 Å². The Morgan fingerprint density at radius 2 is 1.48 bits per heavy atom. The first-order chi connectivity index (χ1) is 27.2. The van der Waals surface area contributed by atoms with Gasteiger partial charge in [-0.2, -0.15) is 10.4 Å². The molecule has 14 heteroatoms. The lowest BCUT2D eigenvalue weighted by Crippen LogP contribution is -2.41. The highest BCUT2D eigenvalue weighted by molar-refractivity contribution is 7.47. The summed E-state index contributed by atoms with van der Waals surface area (Å²) >= 11 is 0. The van der Waals surface area contributed by atoms with E-state index in [2.05, 4.69) is 29.1 Å². The summed E-state index contributed by atoms with van der Waals surface area (Å²) in [5.41, 5.74) is 7.42. The van der Waals surface area contributed by atoms with Crippen molar-refractivity contribution in [2.45, 2.75) is 153 Å². The predicted octanol–water partition coefficient (Wildman–Crippen LogP) is 7.55. The standard InChI is InChI=1S/C42H64N5O8P/c1-2-3-4-5-6-7-8-9-10-11-12-13-14-15-16-19-26-52-29-35(46-27-33-20-17-18-21-34(33)28-46)30-53-56(50,51)54-31-38-40(48)41(49)42(32-43,55-38)39-23-22-37-36(44)24-25-45-47(37)39/h17-18,20-25,35,38,40-41,48-49H,2-16,19,26-31,44H2,1H3,(H,50,51)/t35-,38-,40-,41-,42+/m1/s1. The number of fused-ring (bicyclic) bond motifs is 2. The van der Waals surface area contributed by atoms with Gasteiger partial charge in [0.05, 0.1) is 42.8 Å². The number of phosphoric ester groups is 1. The first kappa shape index (κ1) is 44.2. The molecular formula is C42H64N5O8P. The zero-order chi connectivity index (χ0) is 39.8. The number of rotatable bonds is 27. The Balaban J connectivity index is 1.02. The molecule has 2 aliphatic rings.